The Labute approximate surface area is 178 Å². The van der Waals surface area contributed by atoms with Crippen LogP contribution < -0.4 is 10.6 Å². The average Bonchev–Trinajstić information content (AvgIpc) is 3.22. The summed E-state index contributed by atoms with van der Waals surface area (Å²) in [4.78, 5) is 21.0. The zero-order valence-electron chi connectivity index (χ0n) is 16.4. The molecule has 0 radical (unpaired) electrons. The predicted molar refractivity (Wildman–Crippen MR) is 114 cm³/mol. The maximum absolute atomic E-state index is 13.5. The van der Waals surface area contributed by atoms with Gasteiger partial charge in [0.25, 0.3) is 11.9 Å². The highest BCUT2D eigenvalue weighted by Gasteiger charge is 2.31. The Hall–Kier alpha value is -4.07. The van der Waals surface area contributed by atoms with Gasteiger partial charge in [-0.3, -0.25) is 15.1 Å². The smallest absolute Gasteiger partial charge is 0.259 e. The Morgan fingerprint density at radius 1 is 1.03 bits per heavy atom. The molecule has 2 atom stereocenters. The van der Waals surface area contributed by atoms with Crippen molar-refractivity contribution in [3.05, 3.63) is 102 Å². The minimum Gasteiger partial charge on any atom is -0.347 e. The molecule has 0 aliphatic carbocycles. The minimum atomic E-state index is -0.339. The number of aromatic nitrogens is 4. The number of benzene rings is 2. The van der Waals surface area contributed by atoms with Gasteiger partial charge in [0.05, 0.1) is 17.6 Å². The summed E-state index contributed by atoms with van der Waals surface area (Å²) in [5, 5.41) is 10.7. The molecule has 3 heterocycles. The molecular weight excluding hydrogens is 395 g/mol. The van der Waals surface area contributed by atoms with E-state index in [1.807, 2.05) is 18.2 Å². The quantitative estimate of drug-likeness (QED) is 0.523. The monoisotopic (exact) mass is 414 g/mol. The van der Waals surface area contributed by atoms with Gasteiger partial charge in [-0.25, -0.2) is 9.07 Å². The maximum Gasteiger partial charge on any atom is 0.259 e. The Morgan fingerprint density at radius 3 is 2.58 bits per heavy atom. The molecule has 0 fully saturated rings. The number of rotatable bonds is 4. The number of carbonyl (C=O) groups is 1. The van der Waals surface area contributed by atoms with Crippen LogP contribution in [-0.2, 0) is 0 Å². The number of nitrogens with zero attached hydrogens (tertiary/aromatic N) is 4. The lowest BCUT2D eigenvalue weighted by Gasteiger charge is -2.31. The van der Waals surface area contributed by atoms with Crippen LogP contribution in [0, 0.1) is 5.82 Å². The Bertz CT molecular complexity index is 1190. The van der Waals surface area contributed by atoms with Crippen molar-refractivity contribution < 1.29 is 9.18 Å². The molecule has 0 bridgehead atoms. The fraction of sp³-hybridized carbons (Fsp3) is 0.130. The third-order valence-electron chi connectivity index (χ3n) is 5.29. The SMILES string of the molecule is O=C(Nc1nc2n(n1)[C@H](c1ccc(F)cc1)C[C@H](c1ccccc1)N2)c1cccnc1. The molecule has 31 heavy (non-hydrogen) atoms. The molecule has 2 N–H and O–H groups in total. The van der Waals surface area contributed by atoms with Crippen LogP contribution in [0.15, 0.2) is 79.1 Å². The lowest BCUT2D eigenvalue weighted by Crippen LogP contribution is -2.28. The van der Waals surface area contributed by atoms with Crippen LogP contribution in [0.4, 0.5) is 16.3 Å². The van der Waals surface area contributed by atoms with Crippen LogP contribution in [0.2, 0.25) is 0 Å². The molecule has 0 saturated heterocycles. The molecule has 2 aromatic carbocycles. The van der Waals surface area contributed by atoms with Gasteiger partial charge >= 0.3 is 0 Å². The number of anilines is 2. The summed E-state index contributed by atoms with van der Waals surface area (Å²) in [5.41, 5.74) is 2.45. The highest BCUT2D eigenvalue weighted by Crippen LogP contribution is 2.38. The van der Waals surface area contributed by atoms with Crippen molar-refractivity contribution in [1.82, 2.24) is 19.7 Å². The van der Waals surface area contributed by atoms with Crippen molar-refractivity contribution in [3.8, 4) is 0 Å². The molecule has 1 aliphatic rings. The van der Waals surface area contributed by atoms with Gasteiger partial charge in [0.2, 0.25) is 5.95 Å². The van der Waals surface area contributed by atoms with E-state index < -0.39 is 0 Å². The van der Waals surface area contributed by atoms with E-state index in [1.54, 1.807) is 35.1 Å². The summed E-state index contributed by atoms with van der Waals surface area (Å²) in [6.45, 7) is 0. The van der Waals surface area contributed by atoms with Crippen LogP contribution in [0.25, 0.3) is 0 Å². The fourth-order valence-electron chi connectivity index (χ4n) is 3.77. The van der Waals surface area contributed by atoms with E-state index in [0.717, 1.165) is 11.1 Å². The second kappa shape index (κ2) is 7.98. The lowest BCUT2D eigenvalue weighted by atomic mass is 9.93. The van der Waals surface area contributed by atoms with E-state index in [4.69, 9.17) is 0 Å². The molecule has 0 saturated carbocycles. The Morgan fingerprint density at radius 2 is 1.84 bits per heavy atom. The van der Waals surface area contributed by atoms with E-state index in [9.17, 15) is 9.18 Å². The normalized spacial score (nSPS) is 17.5. The van der Waals surface area contributed by atoms with Gasteiger partial charge in [0.15, 0.2) is 0 Å². The molecule has 1 aliphatic heterocycles. The van der Waals surface area contributed by atoms with Gasteiger partial charge in [-0.15, -0.1) is 5.10 Å². The van der Waals surface area contributed by atoms with E-state index >= 15 is 0 Å². The van der Waals surface area contributed by atoms with Crippen molar-refractivity contribution in [2.45, 2.75) is 18.5 Å². The van der Waals surface area contributed by atoms with Crippen molar-refractivity contribution in [2.24, 2.45) is 0 Å². The number of fused-ring (bicyclic) bond motifs is 1. The van der Waals surface area contributed by atoms with Crippen LogP contribution in [0.5, 0.6) is 0 Å². The zero-order chi connectivity index (χ0) is 21.2. The van der Waals surface area contributed by atoms with Gasteiger partial charge < -0.3 is 5.32 Å². The molecule has 154 valence electrons. The van der Waals surface area contributed by atoms with Crippen LogP contribution in [0.1, 0.15) is 40.0 Å². The lowest BCUT2D eigenvalue weighted by molar-refractivity contribution is 0.102. The molecular formula is C23H19FN6O. The number of hydrogen-bond donors (Lipinski definition) is 2. The third-order valence-corrected chi connectivity index (χ3v) is 5.29. The molecule has 5 rings (SSSR count). The average molecular weight is 414 g/mol. The summed E-state index contributed by atoms with van der Waals surface area (Å²) >= 11 is 0. The van der Waals surface area contributed by atoms with E-state index in [1.165, 1.54) is 18.3 Å². The van der Waals surface area contributed by atoms with Crippen molar-refractivity contribution >= 4 is 17.8 Å². The van der Waals surface area contributed by atoms with Gasteiger partial charge in [0, 0.05) is 12.4 Å². The van der Waals surface area contributed by atoms with Crippen LogP contribution in [-0.4, -0.2) is 25.7 Å². The second-order valence-corrected chi connectivity index (χ2v) is 7.31. The van der Waals surface area contributed by atoms with Crippen LogP contribution in [0.3, 0.4) is 0 Å². The second-order valence-electron chi connectivity index (χ2n) is 7.31. The molecule has 8 heteroatoms. The zero-order valence-corrected chi connectivity index (χ0v) is 16.4. The summed E-state index contributed by atoms with van der Waals surface area (Å²) in [6, 6.07) is 19.6. The van der Waals surface area contributed by atoms with Crippen molar-refractivity contribution in [1.29, 1.82) is 0 Å². The van der Waals surface area contributed by atoms with E-state index in [2.05, 4.69) is 37.8 Å². The maximum atomic E-state index is 13.5. The first-order valence-electron chi connectivity index (χ1n) is 9.92. The molecule has 0 unspecified atom stereocenters. The number of pyridine rings is 1. The molecule has 2 aromatic heterocycles. The van der Waals surface area contributed by atoms with Crippen LogP contribution >= 0.6 is 0 Å². The van der Waals surface area contributed by atoms with Gasteiger partial charge in [-0.2, -0.15) is 4.98 Å². The molecule has 7 nitrogen and oxygen atoms in total. The Kier molecular flexibility index (Phi) is 4.87. The first-order valence-corrected chi connectivity index (χ1v) is 9.92. The topological polar surface area (TPSA) is 84.7 Å². The van der Waals surface area contributed by atoms with Gasteiger partial charge in [0.1, 0.15) is 5.82 Å². The largest absolute Gasteiger partial charge is 0.347 e. The van der Waals surface area contributed by atoms with Gasteiger partial charge in [-0.1, -0.05) is 42.5 Å². The van der Waals surface area contributed by atoms with E-state index in [-0.39, 0.29) is 29.8 Å². The number of amides is 1. The summed E-state index contributed by atoms with van der Waals surface area (Å²) < 4.78 is 15.2. The summed E-state index contributed by atoms with van der Waals surface area (Å²) in [5.74, 6) is 0.0996. The predicted octanol–water partition coefficient (Wildman–Crippen LogP) is 4.21. The standard InChI is InChI=1S/C23H19FN6O/c24-18-10-8-16(9-11-18)20-13-19(15-5-2-1-3-6-15)26-23-28-22(29-30(20)23)27-21(31)17-7-4-12-25-14-17/h1-12,14,19-20H,13H2,(H2,26,27,28,29,31)/t19-,20+/m1/s1. The fourth-order valence-corrected chi connectivity index (χ4v) is 3.77. The third kappa shape index (κ3) is 3.87. The Balaban J connectivity index is 1.49. The summed E-state index contributed by atoms with van der Waals surface area (Å²) in [7, 11) is 0. The minimum absolute atomic E-state index is 0.00479. The van der Waals surface area contributed by atoms with Crippen molar-refractivity contribution in [3.63, 3.8) is 0 Å². The molecule has 0 spiro atoms. The number of hydrogen-bond acceptors (Lipinski definition) is 5. The highest BCUT2D eigenvalue weighted by atomic mass is 19.1. The highest BCUT2D eigenvalue weighted by molar-refractivity contribution is 6.03. The molecule has 4 aromatic rings. The van der Waals surface area contributed by atoms with Gasteiger partial charge in [-0.05, 0) is 41.8 Å². The number of halogens is 1. The number of carbonyl (C=O) groups excluding carboxylic acids is 1. The summed E-state index contributed by atoms with van der Waals surface area (Å²) in [6.07, 6.45) is 3.78. The van der Waals surface area contributed by atoms with E-state index in [0.29, 0.717) is 17.9 Å². The number of nitrogens with one attached hydrogen (secondary N) is 2. The van der Waals surface area contributed by atoms with Crippen molar-refractivity contribution in [2.75, 3.05) is 10.6 Å². The molecule has 1 amide bonds. The first kappa shape index (κ1) is 18.9. The first-order chi connectivity index (χ1) is 15.2.